The summed E-state index contributed by atoms with van der Waals surface area (Å²) in [5.41, 5.74) is 7.02. The van der Waals surface area contributed by atoms with Crippen molar-refractivity contribution in [1.29, 1.82) is 0 Å². The van der Waals surface area contributed by atoms with Gasteiger partial charge in [0.25, 0.3) is 0 Å². The van der Waals surface area contributed by atoms with Gasteiger partial charge in [-0.05, 0) is 24.1 Å². The van der Waals surface area contributed by atoms with E-state index in [0.29, 0.717) is 36.1 Å². The number of nitrogens with two attached hydrogens (primary N) is 1. The molecule has 1 aromatic rings. The van der Waals surface area contributed by atoms with Crippen molar-refractivity contribution in [2.24, 2.45) is 5.92 Å². The normalized spacial score (nSPS) is 10.4. The van der Waals surface area contributed by atoms with Gasteiger partial charge < -0.3 is 16.4 Å². The Labute approximate surface area is 113 Å². The fourth-order valence-electron chi connectivity index (χ4n) is 1.39. The highest BCUT2D eigenvalue weighted by molar-refractivity contribution is 6.33. The van der Waals surface area contributed by atoms with Crippen LogP contribution >= 0.6 is 11.6 Å². The molecule has 5 heteroatoms. The van der Waals surface area contributed by atoms with Gasteiger partial charge in [-0.25, -0.2) is 0 Å². The van der Waals surface area contributed by atoms with Crippen molar-refractivity contribution >= 4 is 28.9 Å². The summed E-state index contributed by atoms with van der Waals surface area (Å²) in [5.74, 6) is 0.510. The number of benzene rings is 1. The summed E-state index contributed by atoms with van der Waals surface area (Å²) in [5, 5.41) is 6.54. The zero-order chi connectivity index (χ0) is 13.5. The molecule has 0 aliphatic rings. The second kappa shape index (κ2) is 7.11. The van der Waals surface area contributed by atoms with E-state index in [0.717, 1.165) is 5.69 Å². The Morgan fingerprint density at radius 1 is 1.44 bits per heavy atom. The molecule has 0 fully saturated rings. The van der Waals surface area contributed by atoms with Gasteiger partial charge in [-0.15, -0.1) is 0 Å². The summed E-state index contributed by atoms with van der Waals surface area (Å²) in [6.45, 7) is 5.38. The minimum Gasteiger partial charge on any atom is -0.399 e. The highest BCUT2D eigenvalue weighted by Gasteiger charge is 2.03. The lowest BCUT2D eigenvalue weighted by atomic mass is 10.2. The minimum absolute atomic E-state index is 0.0442. The Morgan fingerprint density at radius 2 is 2.17 bits per heavy atom. The third-order valence-electron chi connectivity index (χ3n) is 2.37. The number of nitrogen functional groups attached to an aromatic ring is 1. The largest absolute Gasteiger partial charge is 0.399 e. The second-order valence-electron chi connectivity index (χ2n) is 4.61. The highest BCUT2D eigenvalue weighted by Crippen LogP contribution is 2.23. The molecule has 0 aliphatic heterocycles. The first-order valence-electron chi connectivity index (χ1n) is 6.04. The molecular weight excluding hydrogens is 250 g/mol. The van der Waals surface area contributed by atoms with E-state index in [4.69, 9.17) is 17.3 Å². The number of amides is 1. The SMILES string of the molecule is CC(C)CNC(=O)CCNc1ccc(N)cc1Cl. The van der Waals surface area contributed by atoms with Gasteiger partial charge in [-0.2, -0.15) is 0 Å². The zero-order valence-corrected chi connectivity index (χ0v) is 11.6. The van der Waals surface area contributed by atoms with Gasteiger partial charge in [0, 0.05) is 25.2 Å². The average Bonchev–Trinajstić information content (AvgIpc) is 2.29. The van der Waals surface area contributed by atoms with E-state index in [-0.39, 0.29) is 5.91 Å². The van der Waals surface area contributed by atoms with Gasteiger partial charge in [0.05, 0.1) is 10.7 Å². The molecule has 1 amide bonds. The Morgan fingerprint density at radius 3 is 2.78 bits per heavy atom. The lowest BCUT2D eigenvalue weighted by molar-refractivity contribution is -0.120. The van der Waals surface area contributed by atoms with E-state index < -0.39 is 0 Å². The van der Waals surface area contributed by atoms with Gasteiger partial charge in [-0.1, -0.05) is 25.4 Å². The molecule has 0 saturated carbocycles. The van der Waals surface area contributed by atoms with Crippen LogP contribution in [0.1, 0.15) is 20.3 Å². The molecule has 1 rings (SSSR count). The van der Waals surface area contributed by atoms with Crippen molar-refractivity contribution in [3.05, 3.63) is 23.2 Å². The van der Waals surface area contributed by atoms with Crippen LogP contribution in [0.3, 0.4) is 0 Å². The van der Waals surface area contributed by atoms with Crippen molar-refractivity contribution in [2.45, 2.75) is 20.3 Å². The van der Waals surface area contributed by atoms with Gasteiger partial charge >= 0.3 is 0 Å². The maximum absolute atomic E-state index is 11.5. The molecule has 1 aromatic carbocycles. The maximum Gasteiger partial charge on any atom is 0.221 e. The van der Waals surface area contributed by atoms with Crippen LogP contribution in [0.2, 0.25) is 5.02 Å². The molecule has 0 atom stereocenters. The standard InChI is InChI=1S/C13H20ClN3O/c1-9(2)8-17-13(18)5-6-16-12-4-3-10(15)7-11(12)14/h3-4,7,9,16H,5-6,8,15H2,1-2H3,(H,17,18). The molecule has 0 bridgehead atoms. The highest BCUT2D eigenvalue weighted by atomic mass is 35.5. The molecule has 4 N–H and O–H groups in total. The maximum atomic E-state index is 11.5. The van der Waals surface area contributed by atoms with E-state index in [1.54, 1.807) is 12.1 Å². The van der Waals surface area contributed by atoms with E-state index in [9.17, 15) is 4.79 Å². The lowest BCUT2D eigenvalue weighted by Gasteiger charge is -2.10. The first-order chi connectivity index (χ1) is 8.49. The molecule has 100 valence electrons. The summed E-state index contributed by atoms with van der Waals surface area (Å²) in [6.07, 6.45) is 0.424. The van der Waals surface area contributed by atoms with Crippen LogP contribution in [-0.2, 0) is 4.79 Å². The Kier molecular flexibility index (Phi) is 5.78. The van der Waals surface area contributed by atoms with Crippen molar-refractivity contribution in [3.8, 4) is 0 Å². The number of carbonyl (C=O) groups excluding carboxylic acids is 1. The Bertz CT molecular complexity index is 407. The van der Waals surface area contributed by atoms with Gasteiger partial charge in [0.2, 0.25) is 5.91 Å². The predicted octanol–water partition coefficient (Wildman–Crippen LogP) is 2.50. The number of rotatable bonds is 6. The number of carbonyl (C=O) groups is 1. The Hall–Kier alpha value is -1.42. The topological polar surface area (TPSA) is 67.2 Å². The fourth-order valence-corrected chi connectivity index (χ4v) is 1.65. The molecule has 0 unspecified atom stereocenters. The molecule has 0 saturated heterocycles. The molecule has 0 radical (unpaired) electrons. The second-order valence-corrected chi connectivity index (χ2v) is 5.02. The van der Waals surface area contributed by atoms with Crippen LogP contribution in [-0.4, -0.2) is 19.0 Å². The predicted molar refractivity (Wildman–Crippen MR) is 76.8 cm³/mol. The van der Waals surface area contributed by atoms with Crippen molar-refractivity contribution in [3.63, 3.8) is 0 Å². The van der Waals surface area contributed by atoms with E-state index >= 15 is 0 Å². The summed E-state index contributed by atoms with van der Waals surface area (Å²) >= 11 is 6.00. The molecular formula is C13H20ClN3O. The van der Waals surface area contributed by atoms with Crippen LogP contribution in [0.25, 0.3) is 0 Å². The van der Waals surface area contributed by atoms with Gasteiger partial charge in [-0.3, -0.25) is 4.79 Å². The van der Waals surface area contributed by atoms with E-state index in [1.165, 1.54) is 0 Å². The Balaban J connectivity index is 2.31. The first-order valence-corrected chi connectivity index (χ1v) is 6.42. The molecule has 0 spiro atoms. The third-order valence-corrected chi connectivity index (χ3v) is 2.68. The molecule has 0 aliphatic carbocycles. The summed E-state index contributed by atoms with van der Waals surface area (Å²) in [4.78, 5) is 11.5. The van der Waals surface area contributed by atoms with Crippen LogP contribution in [0.5, 0.6) is 0 Å². The molecule has 0 aromatic heterocycles. The zero-order valence-electron chi connectivity index (χ0n) is 10.8. The monoisotopic (exact) mass is 269 g/mol. The van der Waals surface area contributed by atoms with Crippen molar-refractivity contribution < 1.29 is 4.79 Å². The number of hydrogen-bond acceptors (Lipinski definition) is 3. The summed E-state index contributed by atoms with van der Waals surface area (Å²) in [6, 6.07) is 5.26. The van der Waals surface area contributed by atoms with Crippen LogP contribution in [0.4, 0.5) is 11.4 Å². The average molecular weight is 270 g/mol. The van der Waals surface area contributed by atoms with Crippen LogP contribution in [0, 0.1) is 5.92 Å². The number of nitrogens with one attached hydrogen (secondary N) is 2. The lowest BCUT2D eigenvalue weighted by Crippen LogP contribution is -2.28. The smallest absolute Gasteiger partial charge is 0.221 e. The van der Waals surface area contributed by atoms with Crippen molar-refractivity contribution in [1.82, 2.24) is 5.32 Å². The van der Waals surface area contributed by atoms with Gasteiger partial charge in [0.1, 0.15) is 0 Å². The van der Waals surface area contributed by atoms with Crippen molar-refractivity contribution in [2.75, 3.05) is 24.1 Å². The summed E-state index contributed by atoms with van der Waals surface area (Å²) < 4.78 is 0. The quantitative estimate of drug-likeness (QED) is 0.695. The first kappa shape index (κ1) is 14.6. The van der Waals surface area contributed by atoms with E-state index in [2.05, 4.69) is 24.5 Å². The molecule has 4 nitrogen and oxygen atoms in total. The van der Waals surface area contributed by atoms with Crippen LogP contribution < -0.4 is 16.4 Å². The third kappa shape index (κ3) is 5.27. The molecule has 0 heterocycles. The van der Waals surface area contributed by atoms with E-state index in [1.807, 2.05) is 6.07 Å². The fraction of sp³-hybridized carbons (Fsp3) is 0.462. The molecule has 18 heavy (non-hydrogen) atoms. The van der Waals surface area contributed by atoms with Crippen LogP contribution in [0.15, 0.2) is 18.2 Å². The number of halogens is 1. The minimum atomic E-state index is 0.0442. The summed E-state index contributed by atoms with van der Waals surface area (Å²) in [7, 11) is 0. The number of anilines is 2. The number of hydrogen-bond donors (Lipinski definition) is 3. The van der Waals surface area contributed by atoms with Gasteiger partial charge in [0.15, 0.2) is 0 Å².